The van der Waals surface area contributed by atoms with Crippen molar-refractivity contribution in [3.8, 4) is 11.5 Å². The van der Waals surface area contributed by atoms with Crippen molar-refractivity contribution in [1.29, 1.82) is 0 Å². The quantitative estimate of drug-likeness (QED) is 0.726. The van der Waals surface area contributed by atoms with Crippen LogP contribution < -0.4 is 10.1 Å². The van der Waals surface area contributed by atoms with E-state index in [2.05, 4.69) is 10.4 Å². The van der Waals surface area contributed by atoms with Crippen molar-refractivity contribution in [1.82, 2.24) is 9.78 Å². The number of anilines is 1. The number of nitrogens with one attached hydrogen (secondary N) is 1. The van der Waals surface area contributed by atoms with Gasteiger partial charge in [0.05, 0.1) is 11.9 Å². The van der Waals surface area contributed by atoms with E-state index in [4.69, 9.17) is 4.74 Å². The first-order valence-electron chi connectivity index (χ1n) is 7.50. The normalized spacial score (nSPS) is 10.7. The Bertz CT molecular complexity index is 854. The van der Waals surface area contributed by atoms with Gasteiger partial charge in [0.15, 0.2) is 5.75 Å². The van der Waals surface area contributed by atoms with Gasteiger partial charge in [0.1, 0.15) is 5.75 Å². The molecule has 5 nitrogen and oxygen atoms in total. The molecule has 0 fully saturated rings. The second kappa shape index (κ2) is 7.28. The highest BCUT2D eigenvalue weighted by molar-refractivity contribution is 6.02. The first-order chi connectivity index (χ1) is 11.7. The van der Waals surface area contributed by atoms with E-state index in [1.165, 1.54) is 6.08 Å². The topological polar surface area (TPSA) is 56.2 Å². The van der Waals surface area contributed by atoms with Gasteiger partial charge in [0.25, 0.3) is 0 Å². The van der Waals surface area contributed by atoms with Crippen LogP contribution in [-0.4, -0.2) is 15.7 Å². The molecule has 3 aromatic rings. The fourth-order valence-electron chi connectivity index (χ4n) is 2.15. The minimum Gasteiger partial charge on any atom is -0.455 e. The van der Waals surface area contributed by atoms with Crippen LogP contribution in [0.5, 0.6) is 11.5 Å². The van der Waals surface area contributed by atoms with Crippen LogP contribution in [0, 0.1) is 0 Å². The molecule has 0 atom stereocenters. The lowest BCUT2D eigenvalue weighted by molar-refractivity contribution is -0.111. The average Bonchev–Trinajstić information content (AvgIpc) is 3.01. The number of benzene rings is 2. The number of ether oxygens (including phenoxy) is 1. The molecule has 0 bridgehead atoms. The zero-order valence-electron chi connectivity index (χ0n) is 13.2. The number of hydrogen-bond donors (Lipinski definition) is 1. The van der Waals surface area contributed by atoms with Gasteiger partial charge in [0, 0.05) is 24.9 Å². The molecule has 1 amide bonds. The number of carbonyl (C=O) groups excluding carboxylic acids is 1. The smallest absolute Gasteiger partial charge is 0.248 e. The molecule has 0 radical (unpaired) electrons. The number of nitrogens with zero attached hydrogens (tertiary/aromatic N) is 2. The van der Waals surface area contributed by atoms with E-state index >= 15 is 0 Å². The molecule has 0 aliphatic rings. The van der Waals surface area contributed by atoms with Crippen LogP contribution in [0.4, 0.5) is 5.69 Å². The molecule has 0 saturated carbocycles. The zero-order valence-corrected chi connectivity index (χ0v) is 13.2. The Balaban J connectivity index is 1.70. The van der Waals surface area contributed by atoms with Gasteiger partial charge in [-0.1, -0.05) is 30.3 Å². The fraction of sp³-hybridized carbons (Fsp3) is 0.0526. The van der Waals surface area contributed by atoms with Crippen molar-refractivity contribution < 1.29 is 9.53 Å². The summed E-state index contributed by atoms with van der Waals surface area (Å²) in [5.74, 6) is 1.07. The van der Waals surface area contributed by atoms with Crippen LogP contribution >= 0.6 is 0 Å². The summed E-state index contributed by atoms with van der Waals surface area (Å²) < 4.78 is 7.51. The van der Waals surface area contributed by atoms with Gasteiger partial charge in [-0.25, -0.2) is 0 Å². The minimum atomic E-state index is -0.233. The lowest BCUT2D eigenvalue weighted by Crippen LogP contribution is -2.08. The molecule has 24 heavy (non-hydrogen) atoms. The third kappa shape index (κ3) is 4.10. The number of rotatable bonds is 5. The van der Waals surface area contributed by atoms with E-state index in [0.29, 0.717) is 17.2 Å². The Hall–Kier alpha value is -3.34. The van der Waals surface area contributed by atoms with Crippen molar-refractivity contribution in [3.05, 3.63) is 78.6 Å². The summed E-state index contributed by atoms with van der Waals surface area (Å²) in [6.07, 6.45) is 6.70. The first kappa shape index (κ1) is 15.6. The van der Waals surface area contributed by atoms with Gasteiger partial charge in [-0.3, -0.25) is 9.48 Å². The highest BCUT2D eigenvalue weighted by Crippen LogP contribution is 2.29. The highest BCUT2D eigenvalue weighted by Gasteiger charge is 2.06. The van der Waals surface area contributed by atoms with Gasteiger partial charge in [-0.2, -0.15) is 5.10 Å². The molecular formula is C19H17N3O2. The first-order valence-corrected chi connectivity index (χ1v) is 7.50. The summed E-state index contributed by atoms with van der Waals surface area (Å²) in [7, 11) is 1.83. The van der Waals surface area contributed by atoms with Gasteiger partial charge < -0.3 is 10.1 Å². The average molecular weight is 319 g/mol. The van der Waals surface area contributed by atoms with Crippen molar-refractivity contribution >= 4 is 17.7 Å². The summed E-state index contributed by atoms with van der Waals surface area (Å²) in [5, 5.41) is 6.88. The summed E-state index contributed by atoms with van der Waals surface area (Å²) >= 11 is 0. The van der Waals surface area contributed by atoms with E-state index < -0.39 is 0 Å². The van der Waals surface area contributed by atoms with Crippen molar-refractivity contribution in [2.24, 2.45) is 7.05 Å². The number of aromatic nitrogens is 2. The maximum Gasteiger partial charge on any atom is 0.248 e. The fourth-order valence-corrected chi connectivity index (χ4v) is 2.15. The van der Waals surface area contributed by atoms with Crippen LogP contribution in [0.15, 0.2) is 73.1 Å². The Morgan fingerprint density at radius 2 is 1.88 bits per heavy atom. The lowest BCUT2D eigenvalue weighted by Gasteiger charge is -2.11. The number of amides is 1. The number of para-hydroxylation sites is 3. The molecule has 2 aromatic carbocycles. The monoisotopic (exact) mass is 319 g/mol. The standard InChI is InChI=1S/C19H17N3O2/c1-22-14-15(13-20-22)11-12-19(23)21-17-9-5-6-10-18(17)24-16-7-3-2-4-8-16/h2-14H,1H3,(H,21,23). The predicted molar refractivity (Wildman–Crippen MR) is 93.8 cm³/mol. The predicted octanol–water partition coefficient (Wildman–Crippen LogP) is 3.86. The van der Waals surface area contributed by atoms with Crippen molar-refractivity contribution in [2.75, 3.05) is 5.32 Å². The molecule has 3 rings (SSSR count). The van der Waals surface area contributed by atoms with Crippen molar-refractivity contribution in [2.45, 2.75) is 0 Å². The van der Waals surface area contributed by atoms with E-state index in [0.717, 1.165) is 5.56 Å². The van der Waals surface area contributed by atoms with Crippen LogP contribution in [0.3, 0.4) is 0 Å². The molecule has 1 heterocycles. The van der Waals surface area contributed by atoms with E-state index in [9.17, 15) is 4.79 Å². The Morgan fingerprint density at radius 3 is 2.62 bits per heavy atom. The summed E-state index contributed by atoms with van der Waals surface area (Å²) in [4.78, 5) is 12.1. The highest BCUT2D eigenvalue weighted by atomic mass is 16.5. The molecule has 0 saturated heterocycles. The van der Waals surface area contributed by atoms with Crippen LogP contribution in [0.1, 0.15) is 5.56 Å². The SMILES string of the molecule is Cn1cc(C=CC(=O)Nc2ccccc2Oc2ccccc2)cn1. The van der Waals surface area contributed by atoms with Gasteiger partial charge in [-0.05, 0) is 30.3 Å². The van der Waals surface area contributed by atoms with Gasteiger partial charge in [-0.15, -0.1) is 0 Å². The number of aryl methyl sites for hydroxylation is 1. The third-order valence-corrected chi connectivity index (χ3v) is 3.27. The molecule has 0 spiro atoms. The second-order valence-electron chi connectivity index (χ2n) is 5.18. The molecule has 0 aliphatic carbocycles. The maximum atomic E-state index is 12.1. The Labute approximate surface area is 140 Å². The molecule has 0 aliphatic heterocycles. The molecular weight excluding hydrogens is 302 g/mol. The molecule has 120 valence electrons. The summed E-state index contributed by atoms with van der Waals surface area (Å²) in [6.45, 7) is 0. The van der Waals surface area contributed by atoms with E-state index in [1.54, 1.807) is 23.0 Å². The summed E-state index contributed by atoms with van der Waals surface area (Å²) in [5.41, 5.74) is 1.48. The second-order valence-corrected chi connectivity index (χ2v) is 5.18. The number of carbonyl (C=O) groups is 1. The summed E-state index contributed by atoms with van der Waals surface area (Å²) in [6, 6.07) is 16.8. The van der Waals surface area contributed by atoms with E-state index in [-0.39, 0.29) is 5.91 Å². The van der Waals surface area contributed by atoms with Crippen molar-refractivity contribution in [3.63, 3.8) is 0 Å². The molecule has 1 N–H and O–H groups in total. The largest absolute Gasteiger partial charge is 0.455 e. The molecule has 1 aromatic heterocycles. The van der Waals surface area contributed by atoms with Gasteiger partial charge in [0.2, 0.25) is 5.91 Å². The van der Waals surface area contributed by atoms with Gasteiger partial charge >= 0.3 is 0 Å². The van der Waals surface area contributed by atoms with Crippen LogP contribution in [0.25, 0.3) is 6.08 Å². The van der Waals surface area contributed by atoms with Crippen LogP contribution in [-0.2, 0) is 11.8 Å². The zero-order chi connectivity index (χ0) is 16.8. The Morgan fingerprint density at radius 1 is 1.12 bits per heavy atom. The molecule has 0 unspecified atom stereocenters. The maximum absolute atomic E-state index is 12.1. The molecule has 5 heteroatoms. The minimum absolute atomic E-state index is 0.233. The van der Waals surface area contributed by atoms with E-state index in [1.807, 2.05) is 61.8 Å². The Kier molecular flexibility index (Phi) is 4.72. The lowest BCUT2D eigenvalue weighted by atomic mass is 10.2. The third-order valence-electron chi connectivity index (χ3n) is 3.27. The number of hydrogen-bond acceptors (Lipinski definition) is 3. The van der Waals surface area contributed by atoms with Crippen LogP contribution in [0.2, 0.25) is 0 Å².